The van der Waals surface area contributed by atoms with E-state index < -0.39 is 34.5 Å². The van der Waals surface area contributed by atoms with Gasteiger partial charge in [-0.3, -0.25) is 4.79 Å². The average molecular weight is 333 g/mol. The molecule has 1 aliphatic rings. The van der Waals surface area contributed by atoms with Crippen molar-refractivity contribution in [1.82, 2.24) is 0 Å². The molecule has 0 radical (unpaired) electrons. The Labute approximate surface area is 108 Å². The van der Waals surface area contributed by atoms with Crippen molar-refractivity contribution in [2.45, 2.75) is 23.7 Å². The molecule has 102 valence electrons. The van der Waals surface area contributed by atoms with Gasteiger partial charge in [-0.2, -0.15) is 13.2 Å². The Kier molecular flexibility index (Phi) is 4.22. The molecule has 3 nitrogen and oxygen atoms in total. The lowest BCUT2D eigenvalue weighted by molar-refractivity contribution is -0.230. The smallest absolute Gasteiger partial charge is 0.414 e. The van der Waals surface area contributed by atoms with Crippen LogP contribution in [0, 0.1) is 5.92 Å². The molecule has 0 saturated heterocycles. The van der Waals surface area contributed by atoms with Crippen LogP contribution in [0.2, 0.25) is 0 Å². The van der Waals surface area contributed by atoms with E-state index in [1.807, 2.05) is 0 Å². The average Bonchev–Trinajstić information content (AvgIpc) is 2.20. The third kappa shape index (κ3) is 3.32. The van der Waals surface area contributed by atoms with Gasteiger partial charge in [0.15, 0.2) is 10.6 Å². The monoisotopic (exact) mass is 332 g/mol. The van der Waals surface area contributed by atoms with Crippen LogP contribution < -0.4 is 0 Å². The molecule has 0 saturated carbocycles. The Balaban J connectivity index is 2.97. The summed E-state index contributed by atoms with van der Waals surface area (Å²) in [7, 11) is 0. The van der Waals surface area contributed by atoms with Gasteiger partial charge < -0.3 is 9.84 Å². The van der Waals surface area contributed by atoms with E-state index in [9.17, 15) is 22.4 Å². The molecule has 0 amide bonds. The number of carbonyl (C=O) groups is 1. The van der Waals surface area contributed by atoms with E-state index in [1.165, 1.54) is 0 Å². The molecule has 1 aliphatic carbocycles. The van der Waals surface area contributed by atoms with Crippen LogP contribution in [-0.4, -0.2) is 27.9 Å². The van der Waals surface area contributed by atoms with Crippen LogP contribution in [0.15, 0.2) is 24.1 Å². The minimum Gasteiger partial charge on any atom is -0.481 e. The first kappa shape index (κ1) is 15.2. The highest BCUT2D eigenvalue weighted by Crippen LogP contribution is 2.40. The summed E-state index contributed by atoms with van der Waals surface area (Å²) in [6.07, 6.45) is -4.41. The van der Waals surface area contributed by atoms with E-state index in [0.717, 1.165) is 19.1 Å². The molecule has 0 bridgehead atoms. The number of carboxylic acid groups (broad SMARTS) is 1. The van der Waals surface area contributed by atoms with Crippen molar-refractivity contribution in [1.29, 1.82) is 0 Å². The summed E-state index contributed by atoms with van der Waals surface area (Å²) < 4.78 is 52.8. The number of aliphatic carboxylic acids is 1. The van der Waals surface area contributed by atoms with Gasteiger partial charge >= 0.3 is 12.1 Å². The summed E-state index contributed by atoms with van der Waals surface area (Å²) in [4.78, 5) is 10.9. The zero-order valence-electron chi connectivity index (χ0n) is 9.04. The van der Waals surface area contributed by atoms with Gasteiger partial charge in [-0.25, -0.2) is 4.39 Å². The quantitative estimate of drug-likeness (QED) is 0.637. The number of hydrogen-bond acceptors (Lipinski definition) is 2. The summed E-state index contributed by atoms with van der Waals surface area (Å²) in [5.74, 6) is -3.94. The molecule has 0 aromatic carbocycles. The summed E-state index contributed by atoms with van der Waals surface area (Å²) >= 11 is 2.78. The maximum atomic E-state index is 12.9. The van der Waals surface area contributed by atoms with Crippen LogP contribution in [0.5, 0.6) is 0 Å². The topological polar surface area (TPSA) is 46.5 Å². The van der Waals surface area contributed by atoms with E-state index in [1.54, 1.807) is 0 Å². The van der Waals surface area contributed by atoms with E-state index in [4.69, 9.17) is 5.11 Å². The number of carboxylic acids is 1. The molecule has 0 fully saturated rings. The van der Waals surface area contributed by atoms with Gasteiger partial charge in [0.1, 0.15) is 11.7 Å². The lowest BCUT2D eigenvalue weighted by Gasteiger charge is -2.34. The first-order valence-corrected chi connectivity index (χ1v) is 5.58. The zero-order chi connectivity index (χ0) is 14.1. The lowest BCUT2D eigenvalue weighted by atomic mass is 9.96. The second-order valence-corrected chi connectivity index (χ2v) is 4.94. The minimum atomic E-state index is -4.64. The number of alkyl halides is 4. The molecule has 1 N–H and O–H groups in total. The Morgan fingerprint density at radius 1 is 1.61 bits per heavy atom. The lowest BCUT2D eigenvalue weighted by Crippen LogP contribution is -2.44. The molecule has 3 atom stereocenters. The summed E-state index contributed by atoms with van der Waals surface area (Å²) in [6.45, 7) is 0.741. The SMILES string of the molecule is CC(OC1(Br)C=CC(F)=CC1C(=O)O)C(F)(F)F. The molecule has 0 aliphatic heterocycles. The fraction of sp³-hybridized carbons (Fsp3) is 0.500. The Morgan fingerprint density at radius 3 is 2.61 bits per heavy atom. The molecule has 0 heterocycles. The number of allylic oxidation sites excluding steroid dienone is 2. The molecule has 1 rings (SSSR count). The molecular weight excluding hydrogens is 324 g/mol. The predicted molar refractivity (Wildman–Crippen MR) is 57.7 cm³/mol. The molecule has 8 heteroatoms. The van der Waals surface area contributed by atoms with Crippen molar-refractivity contribution in [2.24, 2.45) is 5.92 Å². The highest BCUT2D eigenvalue weighted by Gasteiger charge is 2.47. The van der Waals surface area contributed by atoms with Crippen LogP contribution >= 0.6 is 15.9 Å². The summed E-state index contributed by atoms with van der Waals surface area (Å²) in [5, 5.41) is 8.87. The third-order valence-electron chi connectivity index (χ3n) is 2.30. The number of halogens is 5. The molecule has 18 heavy (non-hydrogen) atoms. The molecular formula is C10H9BrF4O3. The highest BCUT2D eigenvalue weighted by molar-refractivity contribution is 9.10. The first-order valence-electron chi connectivity index (χ1n) is 4.79. The molecule has 3 unspecified atom stereocenters. The predicted octanol–water partition coefficient (Wildman–Crippen LogP) is 3.17. The second-order valence-electron chi connectivity index (χ2n) is 3.70. The van der Waals surface area contributed by atoms with Crippen LogP contribution in [0.3, 0.4) is 0 Å². The van der Waals surface area contributed by atoms with Gasteiger partial charge in [-0.15, -0.1) is 0 Å². The molecule has 0 spiro atoms. The second kappa shape index (κ2) is 5.00. The van der Waals surface area contributed by atoms with Gasteiger partial charge in [-0.1, -0.05) is 0 Å². The Hall–Kier alpha value is -0.890. The maximum absolute atomic E-state index is 12.9. The van der Waals surface area contributed by atoms with Gasteiger partial charge in [0.05, 0.1) is 0 Å². The van der Waals surface area contributed by atoms with Crippen molar-refractivity contribution in [2.75, 3.05) is 0 Å². The minimum absolute atomic E-state index is 0.681. The Morgan fingerprint density at radius 2 is 2.17 bits per heavy atom. The standard InChI is InChI=1S/C10H9BrF4O3/c1-5(10(13,14)15)18-9(11)3-2-6(12)4-7(9)8(16)17/h2-5,7H,1H3,(H,16,17). The van der Waals surface area contributed by atoms with Crippen molar-refractivity contribution in [3.05, 3.63) is 24.1 Å². The normalized spacial score (nSPS) is 29.9. The van der Waals surface area contributed by atoms with E-state index in [2.05, 4.69) is 20.7 Å². The van der Waals surface area contributed by atoms with Crippen molar-refractivity contribution >= 4 is 21.9 Å². The van der Waals surface area contributed by atoms with Crippen LogP contribution in [0.1, 0.15) is 6.92 Å². The molecule has 0 aromatic rings. The Bertz CT molecular complexity index is 404. The van der Waals surface area contributed by atoms with Crippen molar-refractivity contribution < 1.29 is 32.2 Å². The zero-order valence-corrected chi connectivity index (χ0v) is 10.6. The largest absolute Gasteiger partial charge is 0.481 e. The first-order chi connectivity index (χ1) is 8.06. The van der Waals surface area contributed by atoms with Crippen LogP contribution in [0.25, 0.3) is 0 Å². The van der Waals surface area contributed by atoms with E-state index in [-0.39, 0.29) is 0 Å². The fourth-order valence-electron chi connectivity index (χ4n) is 1.32. The number of hydrogen-bond donors (Lipinski definition) is 1. The van der Waals surface area contributed by atoms with Crippen LogP contribution in [-0.2, 0) is 9.53 Å². The van der Waals surface area contributed by atoms with Crippen molar-refractivity contribution in [3.63, 3.8) is 0 Å². The van der Waals surface area contributed by atoms with Gasteiger partial charge in [0, 0.05) is 0 Å². The van der Waals surface area contributed by atoms with Gasteiger partial charge in [0.25, 0.3) is 0 Å². The third-order valence-corrected chi connectivity index (χ3v) is 3.25. The van der Waals surface area contributed by atoms with Crippen molar-refractivity contribution in [3.8, 4) is 0 Å². The number of ether oxygens (including phenoxy) is 1. The number of rotatable bonds is 3. The molecule has 0 aromatic heterocycles. The maximum Gasteiger partial charge on any atom is 0.414 e. The fourth-order valence-corrected chi connectivity index (χ4v) is 2.06. The highest BCUT2D eigenvalue weighted by atomic mass is 79.9. The van der Waals surface area contributed by atoms with E-state index in [0.29, 0.717) is 6.08 Å². The van der Waals surface area contributed by atoms with Crippen LogP contribution in [0.4, 0.5) is 17.6 Å². The van der Waals surface area contributed by atoms with Gasteiger partial charge in [0.2, 0.25) is 0 Å². The van der Waals surface area contributed by atoms with E-state index >= 15 is 0 Å². The summed E-state index contributed by atoms with van der Waals surface area (Å²) in [5.41, 5.74) is 0. The van der Waals surface area contributed by atoms with Gasteiger partial charge in [-0.05, 0) is 41.1 Å². The summed E-state index contributed by atoms with van der Waals surface area (Å²) in [6, 6.07) is 0.